The number of hydrogen-bond donors (Lipinski definition) is 1. The molecule has 31 heavy (non-hydrogen) atoms. The van der Waals surface area contributed by atoms with Crippen LogP contribution in [0.4, 0.5) is 0 Å². The van der Waals surface area contributed by atoms with E-state index in [-0.39, 0.29) is 23.8 Å². The van der Waals surface area contributed by atoms with Gasteiger partial charge >= 0.3 is 0 Å². The van der Waals surface area contributed by atoms with E-state index in [1.807, 2.05) is 18.0 Å². The number of carbonyl (C=O) groups excluding carboxylic acids is 2. The molecule has 4 rings (SSSR count). The fraction of sp³-hybridized carbons (Fsp3) is 0.577. The Labute approximate surface area is 186 Å². The number of likely N-dealkylation sites (tertiary alicyclic amines) is 1. The number of benzene rings is 1. The van der Waals surface area contributed by atoms with Crippen LogP contribution in [0.25, 0.3) is 5.57 Å². The van der Waals surface area contributed by atoms with E-state index in [1.165, 1.54) is 30.4 Å². The van der Waals surface area contributed by atoms with Crippen LogP contribution in [0.5, 0.6) is 0 Å². The van der Waals surface area contributed by atoms with Crippen molar-refractivity contribution in [3.05, 3.63) is 41.1 Å². The quantitative estimate of drug-likeness (QED) is 0.723. The van der Waals surface area contributed by atoms with Gasteiger partial charge in [0.05, 0.1) is 0 Å². The lowest BCUT2D eigenvalue weighted by Crippen LogP contribution is -2.48. The minimum absolute atomic E-state index is 0.0199. The van der Waals surface area contributed by atoms with Crippen LogP contribution in [0.3, 0.4) is 0 Å². The number of amides is 2. The van der Waals surface area contributed by atoms with Crippen molar-refractivity contribution in [3.63, 3.8) is 0 Å². The van der Waals surface area contributed by atoms with Crippen molar-refractivity contribution in [2.45, 2.75) is 77.8 Å². The Balaban J connectivity index is 1.32. The number of aliphatic imine (C=N–C) groups is 1. The van der Waals surface area contributed by atoms with Crippen LogP contribution in [-0.4, -0.2) is 35.5 Å². The number of nitrogens with one attached hydrogen (secondary N) is 1. The van der Waals surface area contributed by atoms with Gasteiger partial charge in [0.1, 0.15) is 6.04 Å². The summed E-state index contributed by atoms with van der Waals surface area (Å²) in [6.45, 7) is 5.31. The summed E-state index contributed by atoms with van der Waals surface area (Å²) < 4.78 is 0. The largest absolute Gasteiger partial charge is 0.350 e. The predicted molar refractivity (Wildman–Crippen MR) is 124 cm³/mol. The summed E-state index contributed by atoms with van der Waals surface area (Å²) >= 11 is 0. The van der Waals surface area contributed by atoms with E-state index >= 15 is 0 Å². The van der Waals surface area contributed by atoms with E-state index in [0.29, 0.717) is 19.0 Å². The van der Waals surface area contributed by atoms with Crippen molar-refractivity contribution < 1.29 is 9.59 Å². The fourth-order valence-electron chi connectivity index (χ4n) is 5.36. The molecule has 1 saturated heterocycles. The van der Waals surface area contributed by atoms with E-state index < -0.39 is 0 Å². The summed E-state index contributed by atoms with van der Waals surface area (Å²) in [6.07, 6.45) is 10.6. The Bertz CT molecular complexity index is 865. The molecule has 1 aliphatic carbocycles. The van der Waals surface area contributed by atoms with Gasteiger partial charge in [-0.3, -0.25) is 14.6 Å². The molecule has 2 aliphatic heterocycles. The molecule has 1 aromatic carbocycles. The van der Waals surface area contributed by atoms with Gasteiger partial charge in [-0.05, 0) is 55.2 Å². The van der Waals surface area contributed by atoms with Gasteiger partial charge < -0.3 is 10.2 Å². The first-order valence-electron chi connectivity index (χ1n) is 11.9. The minimum atomic E-state index is -0.318. The van der Waals surface area contributed by atoms with Crippen LogP contribution < -0.4 is 5.32 Å². The maximum atomic E-state index is 13.2. The molecule has 0 spiro atoms. The van der Waals surface area contributed by atoms with Gasteiger partial charge in [-0.15, -0.1) is 0 Å². The van der Waals surface area contributed by atoms with Crippen molar-refractivity contribution in [2.75, 3.05) is 6.54 Å². The second-order valence-corrected chi connectivity index (χ2v) is 9.37. The Morgan fingerprint density at radius 2 is 1.84 bits per heavy atom. The Hall–Kier alpha value is -2.43. The van der Waals surface area contributed by atoms with Crippen molar-refractivity contribution in [2.24, 2.45) is 16.8 Å². The molecule has 1 aromatic rings. The second kappa shape index (κ2) is 9.80. The van der Waals surface area contributed by atoms with E-state index in [9.17, 15) is 9.59 Å². The molecule has 0 aromatic heterocycles. The van der Waals surface area contributed by atoms with Crippen molar-refractivity contribution >= 4 is 23.6 Å². The van der Waals surface area contributed by atoms with Gasteiger partial charge in [-0.1, -0.05) is 50.5 Å². The summed E-state index contributed by atoms with van der Waals surface area (Å²) in [7, 11) is 0. The number of allylic oxidation sites excluding steroid dienone is 2. The third-order valence-electron chi connectivity index (χ3n) is 7.37. The molecular weight excluding hydrogens is 386 g/mol. The normalized spacial score (nSPS) is 22.8. The summed E-state index contributed by atoms with van der Waals surface area (Å²) in [5, 5.41) is 3.07. The van der Waals surface area contributed by atoms with Crippen molar-refractivity contribution in [1.29, 1.82) is 0 Å². The highest BCUT2D eigenvalue weighted by molar-refractivity contribution is 5.89. The molecule has 5 nitrogen and oxygen atoms in total. The zero-order chi connectivity index (χ0) is 21.8. The average molecular weight is 422 g/mol. The molecule has 2 unspecified atom stereocenters. The van der Waals surface area contributed by atoms with Crippen LogP contribution in [-0.2, 0) is 16.1 Å². The first kappa shape index (κ1) is 21.8. The number of hydrogen-bond acceptors (Lipinski definition) is 3. The zero-order valence-electron chi connectivity index (χ0n) is 18.9. The maximum absolute atomic E-state index is 13.2. The van der Waals surface area contributed by atoms with Gasteiger partial charge in [-0.25, -0.2) is 0 Å². The summed E-state index contributed by atoms with van der Waals surface area (Å²) in [5.74, 6) is 0.663. The lowest BCUT2D eigenvalue weighted by Gasteiger charge is -2.32. The highest BCUT2D eigenvalue weighted by Crippen LogP contribution is 2.32. The topological polar surface area (TPSA) is 61.8 Å². The number of rotatable bonds is 6. The first-order chi connectivity index (χ1) is 15.0. The van der Waals surface area contributed by atoms with E-state index in [4.69, 9.17) is 0 Å². The lowest BCUT2D eigenvalue weighted by atomic mass is 9.80. The standard InChI is InChI=1S/C26H35N3O2/c1-18(21-7-4-3-5-8-21)26(31)29-16-6-9-24(29)25(30)28-17-20-10-12-22(13-11-20)23-14-15-27-19(23)2/h10-13,15,18,21,24H,3-9,14,16-17H2,1-2H3,(H,28,30). The van der Waals surface area contributed by atoms with Crippen LogP contribution in [0, 0.1) is 11.8 Å². The molecule has 2 atom stereocenters. The first-order valence-corrected chi connectivity index (χ1v) is 11.9. The third kappa shape index (κ3) is 4.91. The third-order valence-corrected chi connectivity index (χ3v) is 7.37. The van der Waals surface area contributed by atoms with Crippen LogP contribution in [0.15, 0.2) is 35.0 Å². The fourth-order valence-corrected chi connectivity index (χ4v) is 5.36. The Morgan fingerprint density at radius 1 is 1.10 bits per heavy atom. The van der Waals surface area contributed by atoms with Gasteiger partial charge in [0, 0.05) is 37.3 Å². The van der Waals surface area contributed by atoms with Gasteiger partial charge in [0.15, 0.2) is 0 Å². The highest BCUT2D eigenvalue weighted by Gasteiger charge is 2.38. The molecule has 0 radical (unpaired) electrons. The summed E-state index contributed by atoms with van der Waals surface area (Å²) in [4.78, 5) is 32.3. The monoisotopic (exact) mass is 421 g/mol. The van der Waals surface area contributed by atoms with Crippen LogP contribution in [0.1, 0.15) is 76.3 Å². The molecule has 3 aliphatic rings. The Kier molecular flexibility index (Phi) is 6.89. The Morgan fingerprint density at radius 3 is 2.52 bits per heavy atom. The minimum Gasteiger partial charge on any atom is -0.350 e. The summed E-state index contributed by atoms with van der Waals surface area (Å²) in [6, 6.07) is 8.02. The average Bonchev–Trinajstić information content (AvgIpc) is 3.47. The van der Waals surface area contributed by atoms with Gasteiger partial charge in [-0.2, -0.15) is 0 Å². The maximum Gasteiger partial charge on any atom is 0.243 e. The van der Waals surface area contributed by atoms with Gasteiger partial charge in [0.2, 0.25) is 11.8 Å². The predicted octanol–water partition coefficient (Wildman–Crippen LogP) is 4.72. The van der Waals surface area contributed by atoms with E-state index in [1.54, 1.807) is 0 Å². The molecule has 0 bridgehead atoms. The number of carbonyl (C=O) groups is 2. The highest BCUT2D eigenvalue weighted by atomic mass is 16.2. The molecule has 166 valence electrons. The molecule has 5 heteroatoms. The smallest absolute Gasteiger partial charge is 0.243 e. The SMILES string of the molecule is CC1=C(c2ccc(CNC(=O)C3CCCN3C(=O)C(C)C3CCCCC3)cc2)CC=N1. The molecule has 2 heterocycles. The number of nitrogens with zero attached hydrogens (tertiary/aromatic N) is 2. The lowest BCUT2D eigenvalue weighted by molar-refractivity contribution is -0.142. The van der Waals surface area contributed by atoms with E-state index in [2.05, 4.69) is 41.5 Å². The van der Waals surface area contributed by atoms with Crippen LogP contribution in [0.2, 0.25) is 0 Å². The molecule has 2 amide bonds. The molecule has 1 N–H and O–H groups in total. The molecule has 1 saturated carbocycles. The van der Waals surface area contributed by atoms with Crippen LogP contribution >= 0.6 is 0 Å². The molecular formula is C26H35N3O2. The summed E-state index contributed by atoms with van der Waals surface area (Å²) in [5.41, 5.74) is 4.60. The molecule has 2 fully saturated rings. The van der Waals surface area contributed by atoms with E-state index in [0.717, 1.165) is 43.4 Å². The zero-order valence-corrected chi connectivity index (χ0v) is 18.9. The van der Waals surface area contributed by atoms with Crippen molar-refractivity contribution in [1.82, 2.24) is 10.2 Å². The van der Waals surface area contributed by atoms with Crippen molar-refractivity contribution in [3.8, 4) is 0 Å². The second-order valence-electron chi connectivity index (χ2n) is 9.37. The van der Waals surface area contributed by atoms with Gasteiger partial charge in [0.25, 0.3) is 0 Å².